The second-order valence-electron chi connectivity index (χ2n) is 6.55. The average molecular weight is 371 g/mol. The first-order valence-corrected chi connectivity index (χ1v) is 8.97. The fraction of sp³-hybridized carbons (Fsp3) is 0.350. The van der Waals surface area contributed by atoms with Crippen LogP contribution in [-0.4, -0.2) is 41.5 Å². The van der Waals surface area contributed by atoms with E-state index < -0.39 is 5.95 Å². The Bertz CT molecular complexity index is 777. The molecule has 0 saturated carbocycles. The topological polar surface area (TPSA) is 71.5 Å². The predicted molar refractivity (Wildman–Crippen MR) is 97.5 cm³/mol. The Morgan fingerprint density at radius 3 is 2.63 bits per heavy atom. The summed E-state index contributed by atoms with van der Waals surface area (Å²) in [7, 11) is 0. The maximum atomic E-state index is 13.1. The number of pyridine rings is 1. The van der Waals surface area contributed by atoms with Crippen molar-refractivity contribution in [3.05, 3.63) is 65.7 Å². The maximum Gasteiger partial charge on any atom is 0.410 e. The lowest BCUT2D eigenvalue weighted by Crippen LogP contribution is -2.41. The van der Waals surface area contributed by atoms with Crippen LogP contribution in [0.4, 0.5) is 9.18 Å². The zero-order chi connectivity index (χ0) is 19.1. The SMILES string of the molecule is O=C(NCC1CCN(C(=O)OCc2ccccc2)CC1)c1ccnc(F)c1. The molecule has 2 aromatic rings. The van der Waals surface area contributed by atoms with Crippen LogP contribution in [0.3, 0.4) is 0 Å². The summed E-state index contributed by atoms with van der Waals surface area (Å²) in [6, 6.07) is 12.1. The number of piperidine rings is 1. The zero-order valence-corrected chi connectivity index (χ0v) is 14.9. The quantitative estimate of drug-likeness (QED) is 0.820. The molecular weight excluding hydrogens is 349 g/mol. The molecule has 2 amide bonds. The standard InChI is InChI=1S/C20H22FN3O3/c21-18-12-17(6-9-22-18)19(25)23-13-15-7-10-24(11-8-15)20(26)27-14-16-4-2-1-3-5-16/h1-6,9,12,15H,7-8,10-11,13-14H2,(H,23,25). The number of ether oxygens (including phenoxy) is 1. The van der Waals surface area contributed by atoms with Crippen molar-refractivity contribution in [3.8, 4) is 0 Å². The third-order valence-corrected chi connectivity index (χ3v) is 4.62. The van der Waals surface area contributed by atoms with Gasteiger partial charge < -0.3 is 15.0 Å². The molecule has 1 aromatic heterocycles. The number of hydrogen-bond donors (Lipinski definition) is 1. The highest BCUT2D eigenvalue weighted by molar-refractivity contribution is 5.93. The normalized spacial score (nSPS) is 14.6. The molecule has 0 radical (unpaired) electrons. The Morgan fingerprint density at radius 2 is 1.93 bits per heavy atom. The summed E-state index contributed by atoms with van der Waals surface area (Å²) in [5, 5.41) is 2.82. The molecule has 7 heteroatoms. The number of aromatic nitrogens is 1. The van der Waals surface area contributed by atoms with Crippen molar-refractivity contribution in [1.82, 2.24) is 15.2 Å². The molecule has 142 valence electrons. The summed E-state index contributed by atoms with van der Waals surface area (Å²) in [5.74, 6) is -0.718. The molecule has 3 rings (SSSR count). The van der Waals surface area contributed by atoms with Crippen molar-refractivity contribution in [2.45, 2.75) is 19.4 Å². The largest absolute Gasteiger partial charge is 0.445 e. The van der Waals surface area contributed by atoms with Crippen LogP contribution in [0, 0.1) is 11.9 Å². The van der Waals surface area contributed by atoms with Gasteiger partial charge in [-0.1, -0.05) is 30.3 Å². The number of carbonyl (C=O) groups excluding carboxylic acids is 2. The molecule has 27 heavy (non-hydrogen) atoms. The van der Waals surface area contributed by atoms with E-state index in [-0.39, 0.29) is 30.1 Å². The minimum absolute atomic E-state index is 0.254. The monoisotopic (exact) mass is 371 g/mol. The molecule has 1 saturated heterocycles. The van der Waals surface area contributed by atoms with Crippen molar-refractivity contribution in [1.29, 1.82) is 0 Å². The second-order valence-corrected chi connectivity index (χ2v) is 6.55. The Kier molecular flexibility index (Phi) is 6.35. The first-order chi connectivity index (χ1) is 13.1. The molecule has 0 atom stereocenters. The van der Waals surface area contributed by atoms with E-state index in [0.717, 1.165) is 24.5 Å². The summed E-state index contributed by atoms with van der Waals surface area (Å²) in [6.07, 6.45) is 2.52. The van der Waals surface area contributed by atoms with E-state index in [1.165, 1.54) is 12.3 Å². The summed E-state index contributed by atoms with van der Waals surface area (Å²) in [6.45, 7) is 1.95. The van der Waals surface area contributed by atoms with Gasteiger partial charge in [-0.2, -0.15) is 4.39 Å². The lowest BCUT2D eigenvalue weighted by molar-refractivity contribution is 0.0800. The number of rotatable bonds is 5. The van der Waals surface area contributed by atoms with Crippen molar-refractivity contribution >= 4 is 12.0 Å². The molecule has 2 heterocycles. The Balaban J connectivity index is 1.38. The van der Waals surface area contributed by atoms with Gasteiger partial charge in [0, 0.05) is 37.5 Å². The fourth-order valence-corrected chi connectivity index (χ4v) is 3.01. The van der Waals surface area contributed by atoms with Crippen molar-refractivity contribution in [3.63, 3.8) is 0 Å². The Labute approximate surface area is 157 Å². The van der Waals surface area contributed by atoms with Crippen LogP contribution in [0.15, 0.2) is 48.7 Å². The van der Waals surface area contributed by atoms with Crippen LogP contribution in [-0.2, 0) is 11.3 Å². The van der Waals surface area contributed by atoms with Gasteiger partial charge in [-0.05, 0) is 30.4 Å². The number of halogens is 1. The summed E-state index contributed by atoms with van der Waals surface area (Å²) in [5.41, 5.74) is 1.21. The predicted octanol–water partition coefficient (Wildman–Crippen LogP) is 3.00. The third-order valence-electron chi connectivity index (χ3n) is 4.62. The second kappa shape index (κ2) is 9.12. The van der Waals surface area contributed by atoms with Crippen molar-refractivity contribution in [2.75, 3.05) is 19.6 Å². The number of carbonyl (C=O) groups is 2. The van der Waals surface area contributed by atoms with E-state index in [2.05, 4.69) is 10.3 Å². The molecule has 0 unspecified atom stereocenters. The summed E-state index contributed by atoms with van der Waals surface area (Å²) < 4.78 is 18.4. The molecule has 6 nitrogen and oxygen atoms in total. The number of benzene rings is 1. The minimum atomic E-state index is -0.676. The number of amides is 2. The lowest BCUT2D eigenvalue weighted by atomic mass is 9.97. The molecule has 1 fully saturated rings. The molecule has 0 bridgehead atoms. The van der Waals surface area contributed by atoms with E-state index in [9.17, 15) is 14.0 Å². The van der Waals surface area contributed by atoms with Gasteiger partial charge in [0.05, 0.1) is 0 Å². The van der Waals surface area contributed by atoms with Crippen LogP contribution in [0.25, 0.3) is 0 Å². The van der Waals surface area contributed by atoms with Gasteiger partial charge >= 0.3 is 6.09 Å². The average Bonchev–Trinajstić information content (AvgIpc) is 2.71. The Hall–Kier alpha value is -2.96. The lowest BCUT2D eigenvalue weighted by Gasteiger charge is -2.31. The fourth-order valence-electron chi connectivity index (χ4n) is 3.01. The highest BCUT2D eigenvalue weighted by atomic mass is 19.1. The van der Waals surface area contributed by atoms with E-state index in [4.69, 9.17) is 4.74 Å². The number of likely N-dealkylation sites (tertiary alicyclic amines) is 1. The summed E-state index contributed by atoms with van der Waals surface area (Å²) >= 11 is 0. The number of hydrogen-bond acceptors (Lipinski definition) is 4. The smallest absolute Gasteiger partial charge is 0.410 e. The summed E-state index contributed by atoms with van der Waals surface area (Å²) in [4.78, 5) is 29.3. The van der Waals surface area contributed by atoms with Crippen LogP contribution in [0.1, 0.15) is 28.8 Å². The number of nitrogens with zero attached hydrogens (tertiary/aromatic N) is 2. The molecule has 1 aromatic carbocycles. The first-order valence-electron chi connectivity index (χ1n) is 8.97. The van der Waals surface area contributed by atoms with Gasteiger partial charge in [-0.3, -0.25) is 4.79 Å². The van der Waals surface area contributed by atoms with Crippen LogP contribution < -0.4 is 5.32 Å². The molecule has 1 N–H and O–H groups in total. The van der Waals surface area contributed by atoms with Gasteiger partial charge in [0.25, 0.3) is 5.91 Å². The van der Waals surface area contributed by atoms with Gasteiger partial charge in [-0.25, -0.2) is 9.78 Å². The third kappa shape index (κ3) is 5.51. The van der Waals surface area contributed by atoms with Crippen LogP contribution >= 0.6 is 0 Å². The van der Waals surface area contributed by atoms with Gasteiger partial charge in [-0.15, -0.1) is 0 Å². The maximum absolute atomic E-state index is 13.1. The van der Waals surface area contributed by atoms with E-state index in [1.54, 1.807) is 4.90 Å². The molecular formula is C20H22FN3O3. The van der Waals surface area contributed by atoms with Crippen molar-refractivity contribution in [2.24, 2.45) is 5.92 Å². The van der Waals surface area contributed by atoms with Crippen LogP contribution in [0.2, 0.25) is 0 Å². The molecule has 1 aliphatic rings. The van der Waals surface area contributed by atoms with E-state index in [0.29, 0.717) is 19.6 Å². The van der Waals surface area contributed by atoms with Crippen molar-refractivity contribution < 1.29 is 18.7 Å². The van der Waals surface area contributed by atoms with E-state index in [1.807, 2.05) is 30.3 Å². The molecule has 0 aliphatic carbocycles. The molecule has 0 spiro atoms. The highest BCUT2D eigenvalue weighted by Gasteiger charge is 2.24. The molecule has 1 aliphatic heterocycles. The van der Waals surface area contributed by atoms with E-state index >= 15 is 0 Å². The minimum Gasteiger partial charge on any atom is -0.445 e. The zero-order valence-electron chi connectivity index (χ0n) is 14.9. The Morgan fingerprint density at radius 1 is 1.19 bits per heavy atom. The van der Waals surface area contributed by atoms with Gasteiger partial charge in [0.2, 0.25) is 5.95 Å². The van der Waals surface area contributed by atoms with Crippen LogP contribution in [0.5, 0.6) is 0 Å². The van der Waals surface area contributed by atoms with Gasteiger partial charge in [0.15, 0.2) is 0 Å². The highest BCUT2D eigenvalue weighted by Crippen LogP contribution is 2.18. The van der Waals surface area contributed by atoms with Gasteiger partial charge in [0.1, 0.15) is 6.61 Å². The number of nitrogens with one attached hydrogen (secondary N) is 1. The first kappa shape index (κ1) is 18.8.